The van der Waals surface area contributed by atoms with E-state index in [9.17, 15) is 5.11 Å². The van der Waals surface area contributed by atoms with Crippen LogP contribution in [0.15, 0.2) is 11.0 Å². The molecule has 2 aliphatic heterocycles. The summed E-state index contributed by atoms with van der Waals surface area (Å²) in [4.78, 5) is 1.01. The van der Waals surface area contributed by atoms with Gasteiger partial charge in [0.25, 0.3) is 0 Å². The van der Waals surface area contributed by atoms with Gasteiger partial charge in [-0.15, -0.1) is 11.8 Å². The maximum Gasteiger partial charge on any atom is 0.231 e. The van der Waals surface area contributed by atoms with E-state index >= 15 is 0 Å². The van der Waals surface area contributed by atoms with E-state index in [0.717, 1.165) is 34.1 Å². The molecule has 2 heterocycles. The Morgan fingerprint density at radius 3 is 3.19 bits per heavy atom. The van der Waals surface area contributed by atoms with Gasteiger partial charge in [0.1, 0.15) is 0 Å². The summed E-state index contributed by atoms with van der Waals surface area (Å²) < 4.78 is 10.9. The Balaban J connectivity index is 2.22. The molecule has 0 spiro atoms. The molecular formula is C11H13NO3S. The molecule has 0 fully saturated rings. The first-order chi connectivity index (χ1) is 7.81. The lowest BCUT2D eigenvalue weighted by Crippen LogP contribution is -2.28. The van der Waals surface area contributed by atoms with Crippen LogP contribution in [0.3, 0.4) is 0 Å². The summed E-state index contributed by atoms with van der Waals surface area (Å²) in [6, 6.07) is 1.97. The number of thioether (sulfide) groups is 1. The van der Waals surface area contributed by atoms with E-state index in [4.69, 9.17) is 9.47 Å². The average molecular weight is 239 g/mol. The molecule has 1 atom stereocenters. The van der Waals surface area contributed by atoms with Crippen molar-refractivity contribution in [1.82, 2.24) is 5.32 Å². The van der Waals surface area contributed by atoms with Gasteiger partial charge < -0.3 is 19.9 Å². The Bertz CT molecular complexity index is 436. The van der Waals surface area contributed by atoms with Gasteiger partial charge in [0, 0.05) is 18.7 Å². The Labute approximate surface area is 97.9 Å². The molecule has 0 unspecified atom stereocenters. The van der Waals surface area contributed by atoms with E-state index in [1.807, 2.05) is 12.3 Å². The van der Waals surface area contributed by atoms with Gasteiger partial charge in [0.05, 0.1) is 11.0 Å². The first kappa shape index (κ1) is 10.3. The molecule has 0 radical (unpaired) electrons. The highest BCUT2D eigenvalue weighted by molar-refractivity contribution is 7.98. The van der Waals surface area contributed by atoms with E-state index in [-0.39, 0.29) is 6.79 Å². The molecule has 5 heteroatoms. The molecule has 0 saturated heterocycles. The molecule has 4 nitrogen and oxygen atoms in total. The number of β-amino-alcohol motifs (C(OH)–C–C–N with tert-alkyl or cyclic N) is 1. The third-order valence-corrected chi connectivity index (χ3v) is 3.75. The van der Waals surface area contributed by atoms with Gasteiger partial charge in [-0.3, -0.25) is 0 Å². The summed E-state index contributed by atoms with van der Waals surface area (Å²) in [6.07, 6.45) is 1.53. The number of benzene rings is 1. The van der Waals surface area contributed by atoms with Gasteiger partial charge in [-0.25, -0.2) is 0 Å². The Morgan fingerprint density at radius 1 is 1.50 bits per heavy atom. The largest absolute Gasteiger partial charge is 0.454 e. The van der Waals surface area contributed by atoms with E-state index in [0.29, 0.717) is 6.54 Å². The van der Waals surface area contributed by atoms with Crippen LogP contribution < -0.4 is 14.8 Å². The highest BCUT2D eigenvalue weighted by Crippen LogP contribution is 2.46. The van der Waals surface area contributed by atoms with E-state index in [1.165, 1.54) is 0 Å². The molecule has 0 bridgehead atoms. The van der Waals surface area contributed by atoms with Gasteiger partial charge in [-0.2, -0.15) is 0 Å². The molecule has 1 aromatic carbocycles. The molecule has 16 heavy (non-hydrogen) atoms. The summed E-state index contributed by atoms with van der Waals surface area (Å²) in [7, 11) is 0. The minimum absolute atomic E-state index is 0.273. The van der Waals surface area contributed by atoms with Crippen molar-refractivity contribution < 1.29 is 14.6 Å². The van der Waals surface area contributed by atoms with Gasteiger partial charge in [-0.1, -0.05) is 0 Å². The fraction of sp³-hybridized carbons (Fsp3) is 0.455. The van der Waals surface area contributed by atoms with Crippen LogP contribution in [0.5, 0.6) is 11.5 Å². The number of rotatable bonds is 1. The number of hydrogen-bond acceptors (Lipinski definition) is 5. The van der Waals surface area contributed by atoms with Gasteiger partial charge >= 0.3 is 0 Å². The van der Waals surface area contributed by atoms with Crippen molar-refractivity contribution in [3.63, 3.8) is 0 Å². The predicted molar refractivity (Wildman–Crippen MR) is 61.0 cm³/mol. The van der Waals surface area contributed by atoms with Crippen LogP contribution in [0.4, 0.5) is 0 Å². The van der Waals surface area contributed by atoms with Crippen LogP contribution >= 0.6 is 11.8 Å². The smallest absolute Gasteiger partial charge is 0.231 e. The average Bonchev–Trinajstić information content (AvgIpc) is 2.74. The normalized spacial score (nSPS) is 22.0. The van der Waals surface area contributed by atoms with E-state index < -0.39 is 6.10 Å². The first-order valence-corrected chi connectivity index (χ1v) is 6.42. The molecule has 0 aromatic heterocycles. The number of ether oxygens (including phenoxy) is 2. The summed E-state index contributed by atoms with van der Waals surface area (Å²) in [5, 5.41) is 13.2. The Kier molecular flexibility index (Phi) is 2.46. The van der Waals surface area contributed by atoms with Crippen molar-refractivity contribution in [2.24, 2.45) is 0 Å². The standard InChI is InChI=1S/C11H13NO3S/c1-16-11-9-6(3-12-4-7(9)13)2-8-10(11)15-5-14-8/h2,7,12-13H,3-5H2,1H3/t7-/m1/s1. The molecule has 0 aliphatic carbocycles. The second-order valence-electron chi connectivity index (χ2n) is 3.86. The van der Waals surface area contributed by atoms with Crippen LogP contribution in [-0.4, -0.2) is 24.7 Å². The zero-order valence-electron chi connectivity index (χ0n) is 8.95. The monoisotopic (exact) mass is 239 g/mol. The number of fused-ring (bicyclic) bond motifs is 2. The SMILES string of the molecule is CSc1c2c(cc3c1[C@H](O)CNC3)OCO2. The molecule has 2 aliphatic rings. The maximum absolute atomic E-state index is 10.0. The van der Waals surface area contributed by atoms with E-state index in [1.54, 1.807) is 11.8 Å². The van der Waals surface area contributed by atoms with Crippen molar-refractivity contribution in [1.29, 1.82) is 0 Å². The molecular weight excluding hydrogens is 226 g/mol. The molecule has 0 saturated carbocycles. The third-order valence-electron chi connectivity index (χ3n) is 2.93. The van der Waals surface area contributed by atoms with Gasteiger partial charge in [0.15, 0.2) is 11.5 Å². The second-order valence-corrected chi connectivity index (χ2v) is 4.68. The van der Waals surface area contributed by atoms with Crippen LogP contribution in [0.1, 0.15) is 17.2 Å². The number of nitrogens with one attached hydrogen (secondary N) is 1. The van der Waals surface area contributed by atoms with Crippen molar-refractivity contribution in [3.8, 4) is 11.5 Å². The molecule has 3 rings (SSSR count). The summed E-state index contributed by atoms with van der Waals surface area (Å²) in [6.45, 7) is 1.64. The Morgan fingerprint density at radius 2 is 2.38 bits per heavy atom. The maximum atomic E-state index is 10.0. The Hall–Kier alpha value is -0.910. The summed E-state index contributed by atoms with van der Waals surface area (Å²) in [5.74, 6) is 1.58. The van der Waals surface area contributed by atoms with Crippen LogP contribution in [0.2, 0.25) is 0 Å². The zero-order valence-corrected chi connectivity index (χ0v) is 9.76. The molecule has 2 N–H and O–H groups in total. The molecule has 86 valence electrons. The third kappa shape index (κ3) is 1.39. The van der Waals surface area contributed by atoms with Gasteiger partial charge in [0.2, 0.25) is 6.79 Å². The number of hydrogen-bond donors (Lipinski definition) is 2. The van der Waals surface area contributed by atoms with E-state index in [2.05, 4.69) is 5.32 Å². The quantitative estimate of drug-likeness (QED) is 0.723. The van der Waals surface area contributed by atoms with Crippen molar-refractivity contribution in [3.05, 3.63) is 17.2 Å². The van der Waals surface area contributed by atoms with Crippen molar-refractivity contribution in [2.45, 2.75) is 17.5 Å². The topological polar surface area (TPSA) is 50.7 Å². The highest BCUT2D eigenvalue weighted by Gasteiger charge is 2.29. The summed E-state index contributed by atoms with van der Waals surface area (Å²) >= 11 is 1.60. The van der Waals surface area contributed by atoms with Crippen molar-refractivity contribution >= 4 is 11.8 Å². The summed E-state index contributed by atoms with van der Waals surface area (Å²) in [5.41, 5.74) is 2.10. The zero-order chi connectivity index (χ0) is 11.1. The lowest BCUT2D eigenvalue weighted by molar-refractivity contribution is 0.159. The second kappa shape index (κ2) is 3.84. The lowest BCUT2D eigenvalue weighted by atomic mass is 9.98. The fourth-order valence-corrected chi connectivity index (χ4v) is 3.07. The number of aliphatic hydroxyl groups is 1. The molecule has 1 aromatic rings. The van der Waals surface area contributed by atoms with Crippen molar-refractivity contribution in [2.75, 3.05) is 19.6 Å². The number of aliphatic hydroxyl groups excluding tert-OH is 1. The fourth-order valence-electron chi connectivity index (χ4n) is 2.24. The van der Waals surface area contributed by atoms with Crippen LogP contribution in [0, 0.1) is 0 Å². The molecule has 0 amide bonds. The minimum atomic E-state index is -0.458. The van der Waals surface area contributed by atoms with Crippen LogP contribution in [0.25, 0.3) is 0 Å². The predicted octanol–water partition coefficient (Wildman–Crippen LogP) is 1.27. The lowest BCUT2D eigenvalue weighted by Gasteiger charge is -2.25. The minimum Gasteiger partial charge on any atom is -0.454 e. The van der Waals surface area contributed by atoms with Crippen LogP contribution in [-0.2, 0) is 6.54 Å². The highest BCUT2D eigenvalue weighted by atomic mass is 32.2. The first-order valence-electron chi connectivity index (χ1n) is 5.19. The van der Waals surface area contributed by atoms with Gasteiger partial charge in [-0.05, 0) is 17.9 Å².